The molecule has 2 heterocycles. The number of hydrogen-bond acceptors (Lipinski definition) is 3. The zero-order chi connectivity index (χ0) is 41.7. The van der Waals surface area contributed by atoms with Crippen LogP contribution in [0.3, 0.4) is 0 Å². The predicted molar refractivity (Wildman–Crippen MR) is 274 cm³/mol. The van der Waals surface area contributed by atoms with Gasteiger partial charge >= 0.3 is 0 Å². The Balaban J connectivity index is 1.13. The average Bonchev–Trinajstić information content (AvgIpc) is 3.94. The maximum atomic E-state index is 2.51. The molecular weight excluding hydrogens is 799 g/mol. The van der Waals surface area contributed by atoms with Gasteiger partial charge in [0.2, 0.25) is 0 Å². The second kappa shape index (κ2) is 15.7. The van der Waals surface area contributed by atoms with E-state index < -0.39 is 0 Å². The van der Waals surface area contributed by atoms with E-state index in [0.717, 1.165) is 17.1 Å². The van der Waals surface area contributed by atoms with Gasteiger partial charge in [0.05, 0.1) is 11.4 Å². The Morgan fingerprint density at radius 3 is 1.35 bits per heavy atom. The molecule has 0 radical (unpaired) electrons. The summed E-state index contributed by atoms with van der Waals surface area (Å²) in [5.41, 5.74) is 15.3. The fraction of sp³-hybridized carbons (Fsp3) is 0. The number of para-hydroxylation sites is 1. The van der Waals surface area contributed by atoms with E-state index in [2.05, 4.69) is 241 Å². The maximum absolute atomic E-state index is 2.51. The molecule has 296 valence electrons. The van der Waals surface area contributed by atoms with E-state index in [0.29, 0.717) is 0 Å². The quantitative estimate of drug-likeness (QED) is 0.147. The van der Waals surface area contributed by atoms with Gasteiger partial charge in [-0.15, -0.1) is 22.7 Å². The van der Waals surface area contributed by atoms with Gasteiger partial charge in [0, 0.05) is 62.7 Å². The summed E-state index contributed by atoms with van der Waals surface area (Å²) in [6.45, 7) is 0. The van der Waals surface area contributed by atoms with E-state index in [-0.39, 0.29) is 0 Å². The lowest BCUT2D eigenvalue weighted by atomic mass is 9.87. The number of benzene rings is 10. The molecule has 63 heavy (non-hydrogen) atoms. The highest BCUT2D eigenvalue weighted by Crippen LogP contribution is 2.51. The third-order valence-corrected chi connectivity index (χ3v) is 14.8. The first-order valence-corrected chi connectivity index (χ1v) is 23.1. The third kappa shape index (κ3) is 6.44. The zero-order valence-corrected chi connectivity index (χ0v) is 35.9. The molecule has 0 unspecified atom stereocenters. The van der Waals surface area contributed by atoms with Crippen LogP contribution in [0, 0.1) is 0 Å². The number of fused-ring (bicyclic) bond motifs is 6. The largest absolute Gasteiger partial charge is 0.309 e. The normalized spacial score (nSPS) is 11.5. The van der Waals surface area contributed by atoms with Crippen LogP contribution in [0.1, 0.15) is 0 Å². The third-order valence-electron chi connectivity index (χ3n) is 12.3. The summed E-state index contributed by atoms with van der Waals surface area (Å²) in [6.07, 6.45) is 0. The summed E-state index contributed by atoms with van der Waals surface area (Å²) < 4.78 is 5.23. The number of anilines is 3. The van der Waals surface area contributed by atoms with Crippen LogP contribution < -0.4 is 4.90 Å². The van der Waals surface area contributed by atoms with Crippen molar-refractivity contribution in [2.45, 2.75) is 0 Å². The van der Waals surface area contributed by atoms with E-state index in [1.165, 1.54) is 96.0 Å². The maximum Gasteiger partial charge on any atom is 0.0546 e. The molecule has 12 aromatic rings. The van der Waals surface area contributed by atoms with Gasteiger partial charge in [0.15, 0.2) is 0 Å². The van der Waals surface area contributed by atoms with E-state index in [9.17, 15) is 0 Å². The van der Waals surface area contributed by atoms with Gasteiger partial charge in [0.1, 0.15) is 0 Å². The molecule has 0 aliphatic rings. The summed E-state index contributed by atoms with van der Waals surface area (Å²) in [7, 11) is 0. The van der Waals surface area contributed by atoms with Crippen molar-refractivity contribution in [2.75, 3.05) is 4.90 Å². The lowest BCUT2D eigenvalue weighted by Gasteiger charge is -2.31. The van der Waals surface area contributed by atoms with Crippen molar-refractivity contribution in [2.24, 2.45) is 0 Å². The van der Waals surface area contributed by atoms with Crippen molar-refractivity contribution in [3.63, 3.8) is 0 Å². The summed E-state index contributed by atoms with van der Waals surface area (Å²) in [6, 6.07) is 86.7. The molecule has 1 nitrogen and oxygen atoms in total. The van der Waals surface area contributed by atoms with E-state index >= 15 is 0 Å². The molecule has 0 amide bonds. The molecular formula is C60H39NS2. The van der Waals surface area contributed by atoms with Crippen LogP contribution in [0.2, 0.25) is 0 Å². The van der Waals surface area contributed by atoms with E-state index in [4.69, 9.17) is 0 Å². The van der Waals surface area contributed by atoms with Gasteiger partial charge in [0.25, 0.3) is 0 Å². The van der Waals surface area contributed by atoms with Crippen molar-refractivity contribution in [1.29, 1.82) is 0 Å². The first-order valence-electron chi connectivity index (χ1n) is 21.4. The number of hydrogen-bond donors (Lipinski definition) is 0. The lowest BCUT2D eigenvalue weighted by Crippen LogP contribution is -2.13. The SMILES string of the molecule is c1ccc(-c2ccccc2-c2c(-c3ccccc3)cccc2N(c2ccc(-c3cccc4c3sc3ccccc34)cc2)c2ccccc2-c2cccc3c2sc2ccccc23)cc1. The number of rotatable bonds is 8. The summed E-state index contributed by atoms with van der Waals surface area (Å²) in [4.78, 5) is 2.51. The second-order valence-corrected chi connectivity index (χ2v) is 18.0. The summed E-state index contributed by atoms with van der Waals surface area (Å²) in [5, 5.41) is 5.21. The fourth-order valence-electron chi connectivity index (χ4n) is 9.47. The molecule has 0 fully saturated rings. The van der Waals surface area contributed by atoms with Gasteiger partial charge < -0.3 is 4.90 Å². The van der Waals surface area contributed by atoms with Crippen molar-refractivity contribution >= 4 is 80.1 Å². The zero-order valence-electron chi connectivity index (χ0n) is 34.3. The molecule has 0 aliphatic carbocycles. The molecule has 12 rings (SSSR count). The van der Waals surface area contributed by atoms with E-state index in [1.54, 1.807) is 0 Å². The summed E-state index contributed by atoms with van der Waals surface area (Å²) >= 11 is 3.76. The molecule has 0 bridgehead atoms. The first-order chi connectivity index (χ1) is 31.3. The molecule has 0 N–H and O–H groups in total. The molecule has 0 saturated heterocycles. The second-order valence-electron chi connectivity index (χ2n) is 15.9. The molecule has 0 spiro atoms. The highest BCUT2D eigenvalue weighted by Gasteiger charge is 2.25. The Morgan fingerprint density at radius 2 is 0.683 bits per heavy atom. The van der Waals surface area contributed by atoms with Crippen LogP contribution in [0.4, 0.5) is 17.1 Å². The van der Waals surface area contributed by atoms with Crippen molar-refractivity contribution in [3.8, 4) is 55.6 Å². The Bertz CT molecular complexity index is 3620. The summed E-state index contributed by atoms with van der Waals surface area (Å²) in [5.74, 6) is 0. The van der Waals surface area contributed by atoms with Gasteiger partial charge in [-0.1, -0.05) is 200 Å². The molecule has 3 heteroatoms. The minimum atomic E-state index is 1.09. The van der Waals surface area contributed by atoms with Crippen LogP contribution in [0.25, 0.3) is 96.0 Å². The first kappa shape index (κ1) is 37.2. The molecule has 0 atom stereocenters. The van der Waals surface area contributed by atoms with Crippen LogP contribution in [-0.2, 0) is 0 Å². The van der Waals surface area contributed by atoms with Gasteiger partial charge in [-0.05, 0) is 75.3 Å². The van der Waals surface area contributed by atoms with Gasteiger partial charge in [-0.2, -0.15) is 0 Å². The Morgan fingerprint density at radius 1 is 0.254 bits per heavy atom. The van der Waals surface area contributed by atoms with Crippen molar-refractivity contribution in [1.82, 2.24) is 0 Å². The van der Waals surface area contributed by atoms with Crippen molar-refractivity contribution in [3.05, 3.63) is 237 Å². The Labute approximate surface area is 375 Å². The smallest absolute Gasteiger partial charge is 0.0546 e. The lowest BCUT2D eigenvalue weighted by molar-refractivity contribution is 1.28. The molecule has 0 saturated carbocycles. The minimum Gasteiger partial charge on any atom is -0.309 e. The predicted octanol–water partition coefficient (Wildman–Crippen LogP) is 18.2. The standard InChI is InChI=1S/C60H39NS2/c1-3-18-40(19-4-1)44-22-7-8-26-50(44)58-45(41-20-5-2-6-21-41)27-17-33-55(58)61(43-38-36-42(37-39-43)46-28-15-30-52-48-24-10-13-34-56(48)62-59(46)52)54-32-12-9-23-47(54)51-29-16-31-53-49-25-11-14-35-57(49)63-60(51)53/h1-39H. The van der Waals surface area contributed by atoms with Crippen molar-refractivity contribution < 1.29 is 0 Å². The minimum absolute atomic E-state index is 1.09. The van der Waals surface area contributed by atoms with Gasteiger partial charge in [-0.3, -0.25) is 0 Å². The van der Waals surface area contributed by atoms with Crippen LogP contribution in [-0.4, -0.2) is 0 Å². The highest BCUT2D eigenvalue weighted by atomic mass is 32.1. The molecule has 10 aromatic carbocycles. The van der Waals surface area contributed by atoms with E-state index in [1.807, 2.05) is 22.7 Å². The topological polar surface area (TPSA) is 3.24 Å². The Hall–Kier alpha value is -7.56. The van der Waals surface area contributed by atoms with Gasteiger partial charge in [-0.25, -0.2) is 0 Å². The van der Waals surface area contributed by atoms with Crippen LogP contribution in [0.5, 0.6) is 0 Å². The number of nitrogens with zero attached hydrogens (tertiary/aromatic N) is 1. The monoisotopic (exact) mass is 837 g/mol. The highest BCUT2D eigenvalue weighted by molar-refractivity contribution is 7.26. The number of thiophene rings is 2. The fourth-order valence-corrected chi connectivity index (χ4v) is 11.9. The van der Waals surface area contributed by atoms with Crippen LogP contribution >= 0.6 is 22.7 Å². The molecule has 2 aromatic heterocycles. The molecule has 0 aliphatic heterocycles. The average molecular weight is 838 g/mol. The van der Waals surface area contributed by atoms with Crippen LogP contribution in [0.15, 0.2) is 237 Å². The Kier molecular flexibility index (Phi) is 9.29.